The maximum Gasteiger partial charge on any atom is 0.261 e. The third-order valence-corrected chi connectivity index (χ3v) is 5.89. The van der Waals surface area contributed by atoms with E-state index in [-0.39, 0.29) is 24.1 Å². The van der Waals surface area contributed by atoms with Crippen LogP contribution in [0.2, 0.25) is 0 Å². The molecule has 0 bridgehead atoms. The molecule has 0 saturated carbocycles. The Kier molecular flexibility index (Phi) is 4.32. The van der Waals surface area contributed by atoms with Crippen LogP contribution in [0.3, 0.4) is 0 Å². The quantitative estimate of drug-likeness (QED) is 0.669. The highest BCUT2D eigenvalue weighted by atomic mass is 16.3. The summed E-state index contributed by atoms with van der Waals surface area (Å²) in [4.78, 5) is 31.6. The lowest BCUT2D eigenvalue weighted by Gasteiger charge is -2.24. The molecule has 2 N–H and O–H groups in total. The first-order valence-electron chi connectivity index (χ1n) is 9.96. The third kappa shape index (κ3) is 3.07. The molecule has 1 aromatic heterocycles. The second-order valence-electron chi connectivity index (χ2n) is 7.75. The van der Waals surface area contributed by atoms with Crippen molar-refractivity contribution < 1.29 is 14.7 Å². The smallest absolute Gasteiger partial charge is 0.261 e. The molecular formula is C22H22N4O3. The minimum absolute atomic E-state index is 0.118. The van der Waals surface area contributed by atoms with Crippen molar-refractivity contribution in [3.05, 3.63) is 59.4 Å². The molecule has 2 aromatic carbocycles. The van der Waals surface area contributed by atoms with Crippen LogP contribution < -0.4 is 5.32 Å². The highest BCUT2D eigenvalue weighted by molar-refractivity contribution is 6.21. The van der Waals surface area contributed by atoms with Crippen LogP contribution in [0.4, 0.5) is 0 Å². The Morgan fingerprint density at radius 2 is 1.72 bits per heavy atom. The fraction of sp³-hybridized carbons (Fsp3) is 0.318. The number of phenols is 1. The van der Waals surface area contributed by atoms with E-state index in [0.717, 1.165) is 43.5 Å². The number of carbonyl (C=O) groups excluding carboxylic acids is 2. The van der Waals surface area contributed by atoms with Crippen LogP contribution in [0.5, 0.6) is 5.75 Å². The fourth-order valence-corrected chi connectivity index (χ4v) is 4.33. The highest BCUT2D eigenvalue weighted by Crippen LogP contribution is 2.28. The lowest BCUT2D eigenvalue weighted by molar-refractivity contribution is 0.0636. The van der Waals surface area contributed by atoms with Crippen molar-refractivity contribution in [2.24, 2.45) is 5.92 Å². The van der Waals surface area contributed by atoms with Crippen molar-refractivity contribution in [1.82, 2.24) is 19.8 Å². The summed E-state index contributed by atoms with van der Waals surface area (Å²) in [6.45, 7) is 2.83. The highest BCUT2D eigenvalue weighted by Gasteiger charge is 2.36. The molecule has 0 aliphatic carbocycles. The molecule has 3 aromatic rings. The molecule has 3 heterocycles. The summed E-state index contributed by atoms with van der Waals surface area (Å²) < 4.78 is 2.06. The molecular weight excluding hydrogens is 368 g/mol. The fourth-order valence-electron chi connectivity index (χ4n) is 4.33. The first-order valence-corrected chi connectivity index (χ1v) is 9.96. The zero-order valence-corrected chi connectivity index (χ0v) is 16.0. The molecule has 0 spiro atoms. The van der Waals surface area contributed by atoms with Gasteiger partial charge in [-0.1, -0.05) is 12.1 Å². The van der Waals surface area contributed by atoms with Crippen LogP contribution in [-0.2, 0) is 13.1 Å². The largest absolute Gasteiger partial charge is 0.508 e. The van der Waals surface area contributed by atoms with Crippen LogP contribution in [0.25, 0.3) is 11.0 Å². The maximum atomic E-state index is 12.8. The van der Waals surface area contributed by atoms with Crippen molar-refractivity contribution in [1.29, 1.82) is 0 Å². The molecule has 2 aliphatic rings. The second-order valence-corrected chi connectivity index (χ2v) is 7.75. The topological polar surface area (TPSA) is 87.5 Å². The molecule has 7 nitrogen and oxygen atoms in total. The number of amides is 2. The summed E-state index contributed by atoms with van der Waals surface area (Å²) >= 11 is 0. The van der Waals surface area contributed by atoms with E-state index in [1.807, 2.05) is 0 Å². The number of nitrogens with one attached hydrogen (secondary N) is 1. The summed E-state index contributed by atoms with van der Waals surface area (Å²) in [5, 5.41) is 13.4. The Labute approximate surface area is 168 Å². The molecule has 29 heavy (non-hydrogen) atoms. The number of imide groups is 1. The van der Waals surface area contributed by atoms with Crippen molar-refractivity contribution in [2.45, 2.75) is 25.9 Å². The van der Waals surface area contributed by atoms with Gasteiger partial charge in [-0.2, -0.15) is 0 Å². The summed E-state index contributed by atoms with van der Waals surface area (Å²) in [6, 6.07) is 12.0. The SMILES string of the molecule is O=C1c2ccccc2C(=O)N1Cc1nc2ccc(O)cc2n1CC1CCNCC1. The zero-order valence-electron chi connectivity index (χ0n) is 16.0. The number of hydrogen-bond donors (Lipinski definition) is 2. The number of hydrogen-bond acceptors (Lipinski definition) is 5. The van der Waals surface area contributed by atoms with Gasteiger partial charge in [-0.25, -0.2) is 4.98 Å². The van der Waals surface area contributed by atoms with Crippen molar-refractivity contribution in [2.75, 3.05) is 13.1 Å². The Balaban J connectivity index is 1.52. The number of piperidine rings is 1. The monoisotopic (exact) mass is 390 g/mol. The number of rotatable bonds is 4. The summed E-state index contributed by atoms with van der Waals surface area (Å²) in [7, 11) is 0. The molecule has 148 valence electrons. The summed E-state index contributed by atoms with van der Waals surface area (Å²) in [5.41, 5.74) is 2.46. The van der Waals surface area contributed by atoms with Gasteiger partial charge in [-0.3, -0.25) is 14.5 Å². The number of fused-ring (bicyclic) bond motifs is 2. The predicted octanol–water partition coefficient (Wildman–Crippen LogP) is 2.54. The standard InChI is InChI=1S/C22H22N4O3/c27-15-5-6-18-19(11-15)25(12-14-7-9-23-10-8-14)20(24-18)13-26-21(28)16-3-1-2-4-17(16)22(26)29/h1-6,11,14,23,27H,7-10,12-13H2. The molecule has 2 amide bonds. The Hall–Kier alpha value is -3.19. The van der Waals surface area contributed by atoms with Gasteiger partial charge in [0.25, 0.3) is 11.8 Å². The molecule has 1 fully saturated rings. The average Bonchev–Trinajstić information content (AvgIpc) is 3.19. The van der Waals surface area contributed by atoms with Crippen LogP contribution in [0, 0.1) is 5.92 Å². The first kappa shape index (κ1) is 17.9. The number of nitrogens with zero attached hydrogens (tertiary/aromatic N) is 3. The Bertz CT molecular complexity index is 1080. The van der Waals surface area contributed by atoms with Gasteiger partial charge in [-0.15, -0.1) is 0 Å². The van der Waals surface area contributed by atoms with E-state index < -0.39 is 0 Å². The number of aromatic hydroxyl groups is 1. The summed E-state index contributed by atoms with van der Waals surface area (Å²) in [6.07, 6.45) is 2.12. The van der Waals surface area contributed by atoms with Crippen LogP contribution in [0.15, 0.2) is 42.5 Å². The number of imidazole rings is 1. The van der Waals surface area contributed by atoms with Crippen molar-refractivity contribution >= 4 is 22.8 Å². The number of aromatic nitrogens is 2. The number of benzene rings is 2. The van der Waals surface area contributed by atoms with E-state index in [2.05, 4.69) is 9.88 Å². The van der Waals surface area contributed by atoms with Gasteiger partial charge in [0.15, 0.2) is 0 Å². The Morgan fingerprint density at radius 3 is 2.41 bits per heavy atom. The molecule has 0 atom stereocenters. The molecule has 1 saturated heterocycles. The van der Waals surface area contributed by atoms with Crippen molar-refractivity contribution in [3.8, 4) is 5.75 Å². The van der Waals surface area contributed by atoms with E-state index in [0.29, 0.717) is 22.9 Å². The predicted molar refractivity (Wildman–Crippen MR) is 108 cm³/mol. The van der Waals surface area contributed by atoms with Gasteiger partial charge >= 0.3 is 0 Å². The van der Waals surface area contributed by atoms with E-state index in [1.54, 1.807) is 42.5 Å². The van der Waals surface area contributed by atoms with Gasteiger partial charge in [0.05, 0.1) is 28.7 Å². The average molecular weight is 390 g/mol. The van der Waals surface area contributed by atoms with E-state index >= 15 is 0 Å². The molecule has 0 radical (unpaired) electrons. The van der Waals surface area contributed by atoms with Gasteiger partial charge < -0.3 is 15.0 Å². The zero-order chi connectivity index (χ0) is 20.0. The third-order valence-electron chi connectivity index (χ3n) is 5.89. The number of phenolic OH excluding ortho intramolecular Hbond substituents is 1. The van der Waals surface area contributed by atoms with E-state index in [1.165, 1.54) is 4.90 Å². The maximum absolute atomic E-state index is 12.8. The lowest BCUT2D eigenvalue weighted by Crippen LogP contribution is -2.32. The minimum atomic E-state index is -0.283. The van der Waals surface area contributed by atoms with Crippen LogP contribution in [0.1, 0.15) is 39.4 Å². The lowest BCUT2D eigenvalue weighted by atomic mass is 9.98. The first-order chi connectivity index (χ1) is 14.1. The molecule has 7 heteroatoms. The minimum Gasteiger partial charge on any atom is -0.508 e. The van der Waals surface area contributed by atoms with Gasteiger partial charge in [0, 0.05) is 12.6 Å². The van der Waals surface area contributed by atoms with Crippen LogP contribution in [-0.4, -0.2) is 44.5 Å². The van der Waals surface area contributed by atoms with E-state index in [4.69, 9.17) is 4.98 Å². The molecule has 2 aliphatic heterocycles. The second kappa shape index (κ2) is 7.00. The van der Waals surface area contributed by atoms with E-state index in [9.17, 15) is 14.7 Å². The normalized spacial score (nSPS) is 17.3. The van der Waals surface area contributed by atoms with Gasteiger partial charge in [-0.05, 0) is 56.1 Å². The molecule has 0 unspecified atom stereocenters. The van der Waals surface area contributed by atoms with Gasteiger partial charge in [0.2, 0.25) is 0 Å². The molecule has 5 rings (SSSR count). The Morgan fingerprint density at radius 1 is 1.03 bits per heavy atom. The van der Waals surface area contributed by atoms with Gasteiger partial charge in [0.1, 0.15) is 11.6 Å². The summed E-state index contributed by atoms with van der Waals surface area (Å²) in [5.74, 6) is 0.759. The van der Waals surface area contributed by atoms with Crippen LogP contribution >= 0.6 is 0 Å². The number of carbonyl (C=O) groups is 2. The van der Waals surface area contributed by atoms with Crippen molar-refractivity contribution in [3.63, 3.8) is 0 Å².